The van der Waals surface area contributed by atoms with E-state index < -0.39 is 0 Å². The van der Waals surface area contributed by atoms with Crippen molar-refractivity contribution < 1.29 is 19.2 Å². The molecule has 0 bridgehead atoms. The van der Waals surface area contributed by atoms with E-state index in [2.05, 4.69) is 33.6 Å². The SMILES string of the molecule is CC1CC(=O)N(Cc2ccc(C(=O)NCCCNC(=O)CCS)cc2)N=C1c1ccc(NC(=O)N2Cc3ccncc3C2)cc1. The number of fused-ring (bicyclic) bond motifs is 1. The quantitative estimate of drug-likeness (QED) is 0.189. The number of hydrogen-bond acceptors (Lipinski definition) is 7. The molecule has 2 aliphatic rings. The van der Waals surface area contributed by atoms with Crippen molar-refractivity contribution in [3.05, 3.63) is 94.8 Å². The van der Waals surface area contributed by atoms with Crippen LogP contribution in [-0.2, 0) is 29.2 Å². The third-order valence-corrected chi connectivity index (χ3v) is 7.98. The van der Waals surface area contributed by atoms with Crippen LogP contribution in [-0.4, -0.2) is 63.2 Å². The summed E-state index contributed by atoms with van der Waals surface area (Å²) in [5.74, 6) is 0.121. The Morgan fingerprint density at radius 3 is 2.42 bits per heavy atom. The van der Waals surface area contributed by atoms with Gasteiger partial charge in [-0.2, -0.15) is 17.7 Å². The molecule has 5 amide bonds. The Morgan fingerprint density at radius 1 is 0.956 bits per heavy atom. The van der Waals surface area contributed by atoms with Gasteiger partial charge in [0.1, 0.15) is 0 Å². The average Bonchev–Trinajstić information content (AvgIpc) is 3.48. The molecule has 45 heavy (non-hydrogen) atoms. The topological polar surface area (TPSA) is 136 Å². The lowest BCUT2D eigenvalue weighted by atomic mass is 9.93. The molecule has 2 aromatic carbocycles. The van der Waals surface area contributed by atoms with Crippen LogP contribution in [0.4, 0.5) is 10.5 Å². The second-order valence-corrected chi connectivity index (χ2v) is 11.6. The van der Waals surface area contributed by atoms with E-state index in [1.807, 2.05) is 49.4 Å². The lowest BCUT2D eigenvalue weighted by Crippen LogP contribution is -2.36. The normalized spacial score (nSPS) is 15.7. The number of carbonyl (C=O) groups excluding carboxylic acids is 4. The Hall–Kier alpha value is -4.71. The van der Waals surface area contributed by atoms with Crippen LogP contribution in [0.5, 0.6) is 0 Å². The average molecular weight is 628 g/mol. The van der Waals surface area contributed by atoms with Gasteiger partial charge in [-0.1, -0.05) is 31.2 Å². The van der Waals surface area contributed by atoms with E-state index in [-0.39, 0.29) is 36.2 Å². The van der Waals surface area contributed by atoms with Gasteiger partial charge < -0.3 is 20.9 Å². The maximum atomic E-state index is 12.9. The highest BCUT2D eigenvalue weighted by molar-refractivity contribution is 7.80. The summed E-state index contributed by atoms with van der Waals surface area (Å²) in [6, 6.07) is 16.4. The third-order valence-electron chi connectivity index (χ3n) is 7.76. The van der Waals surface area contributed by atoms with Crippen molar-refractivity contribution in [3.8, 4) is 0 Å². The van der Waals surface area contributed by atoms with Crippen molar-refractivity contribution in [1.82, 2.24) is 25.5 Å². The molecular formula is C33H37N7O4S. The fraction of sp³-hybridized carbons (Fsp3) is 0.333. The number of thiol groups is 1. The second kappa shape index (κ2) is 14.8. The van der Waals surface area contributed by atoms with Gasteiger partial charge in [0.15, 0.2) is 0 Å². The van der Waals surface area contributed by atoms with Gasteiger partial charge in [0.05, 0.1) is 12.3 Å². The molecule has 11 nitrogen and oxygen atoms in total. The maximum Gasteiger partial charge on any atom is 0.322 e. The number of hydrogen-bond donors (Lipinski definition) is 4. The smallest absolute Gasteiger partial charge is 0.322 e. The lowest BCUT2D eigenvalue weighted by Gasteiger charge is -2.28. The van der Waals surface area contributed by atoms with Crippen LogP contribution in [0, 0.1) is 5.92 Å². The zero-order chi connectivity index (χ0) is 31.8. The summed E-state index contributed by atoms with van der Waals surface area (Å²) in [5, 5.41) is 14.8. The molecule has 0 saturated carbocycles. The van der Waals surface area contributed by atoms with Gasteiger partial charge in [-0.15, -0.1) is 0 Å². The minimum atomic E-state index is -0.200. The second-order valence-electron chi connectivity index (χ2n) is 11.2. The molecule has 234 valence electrons. The third kappa shape index (κ3) is 8.27. The van der Waals surface area contributed by atoms with Gasteiger partial charge in [0.2, 0.25) is 11.8 Å². The Labute approximate surface area is 267 Å². The van der Waals surface area contributed by atoms with Crippen molar-refractivity contribution in [3.63, 3.8) is 0 Å². The van der Waals surface area contributed by atoms with Gasteiger partial charge >= 0.3 is 6.03 Å². The number of anilines is 1. The van der Waals surface area contributed by atoms with E-state index in [0.29, 0.717) is 62.4 Å². The highest BCUT2D eigenvalue weighted by Gasteiger charge is 2.28. The lowest BCUT2D eigenvalue weighted by molar-refractivity contribution is -0.133. The molecule has 3 N–H and O–H groups in total. The number of rotatable bonds is 11. The first kappa shape index (κ1) is 31.7. The monoisotopic (exact) mass is 627 g/mol. The zero-order valence-electron chi connectivity index (χ0n) is 25.2. The van der Waals surface area contributed by atoms with E-state index in [9.17, 15) is 19.2 Å². The van der Waals surface area contributed by atoms with Crippen LogP contribution in [0.3, 0.4) is 0 Å². The van der Waals surface area contributed by atoms with Crippen LogP contribution in [0.1, 0.15) is 58.8 Å². The first-order valence-electron chi connectivity index (χ1n) is 15.0. The summed E-state index contributed by atoms with van der Waals surface area (Å²) in [6.45, 7) is 4.27. The fourth-order valence-corrected chi connectivity index (χ4v) is 5.45. The highest BCUT2D eigenvalue weighted by atomic mass is 32.1. The Bertz CT molecular complexity index is 1550. The van der Waals surface area contributed by atoms with Crippen LogP contribution in [0.15, 0.2) is 72.1 Å². The summed E-state index contributed by atoms with van der Waals surface area (Å²) in [5.41, 5.74) is 5.88. The number of amides is 5. The predicted molar refractivity (Wildman–Crippen MR) is 175 cm³/mol. The highest BCUT2D eigenvalue weighted by Crippen LogP contribution is 2.25. The van der Waals surface area contributed by atoms with E-state index in [1.54, 1.807) is 29.4 Å². The van der Waals surface area contributed by atoms with E-state index >= 15 is 0 Å². The largest absolute Gasteiger partial charge is 0.356 e. The minimum absolute atomic E-state index is 0.0493. The Morgan fingerprint density at radius 2 is 1.69 bits per heavy atom. The molecule has 1 unspecified atom stereocenters. The van der Waals surface area contributed by atoms with Crippen molar-refractivity contribution >= 4 is 47.8 Å². The molecule has 0 aliphatic carbocycles. The summed E-state index contributed by atoms with van der Waals surface area (Å²) in [4.78, 5) is 55.6. The number of carbonyl (C=O) groups is 4. The molecule has 0 radical (unpaired) electrons. The summed E-state index contributed by atoms with van der Waals surface area (Å²) in [7, 11) is 0. The van der Waals surface area contributed by atoms with E-state index in [0.717, 1.165) is 28.0 Å². The van der Waals surface area contributed by atoms with Gasteiger partial charge in [0, 0.05) is 68.6 Å². The van der Waals surface area contributed by atoms with Gasteiger partial charge in [-0.05, 0) is 64.8 Å². The van der Waals surface area contributed by atoms with Crippen molar-refractivity contribution in [2.24, 2.45) is 11.0 Å². The van der Waals surface area contributed by atoms with Crippen molar-refractivity contribution in [2.45, 2.75) is 45.8 Å². The number of nitrogens with zero attached hydrogens (tertiary/aromatic N) is 4. The maximum absolute atomic E-state index is 12.9. The number of hydrazone groups is 1. The van der Waals surface area contributed by atoms with Gasteiger partial charge in [-0.25, -0.2) is 9.80 Å². The number of benzene rings is 2. The number of aromatic nitrogens is 1. The number of nitrogens with one attached hydrogen (secondary N) is 3. The van der Waals surface area contributed by atoms with Crippen molar-refractivity contribution in [1.29, 1.82) is 0 Å². The Kier molecular flexibility index (Phi) is 10.5. The first-order valence-corrected chi connectivity index (χ1v) is 15.7. The number of pyridine rings is 1. The fourth-order valence-electron chi connectivity index (χ4n) is 5.25. The standard InChI is InChI=1S/C33H37N7O4S/c1-22-17-30(42)40(19-23-3-5-25(6-4-23)32(43)36-14-2-13-35-29(41)12-16-45)38-31(22)24-7-9-28(10-8-24)37-33(44)39-20-26-11-15-34-18-27(26)21-39/h3-11,15,18,22,45H,2,12-14,16-17,19-21H2,1H3,(H,35,41)(H,36,43)(H,37,44). The molecule has 1 atom stereocenters. The molecule has 0 saturated heterocycles. The molecule has 0 fully saturated rings. The molecule has 2 aliphatic heterocycles. The van der Waals surface area contributed by atoms with Crippen LogP contribution >= 0.6 is 12.6 Å². The summed E-state index contributed by atoms with van der Waals surface area (Å²) >= 11 is 4.03. The van der Waals surface area contributed by atoms with Crippen LogP contribution < -0.4 is 16.0 Å². The number of urea groups is 1. The van der Waals surface area contributed by atoms with Crippen LogP contribution in [0.2, 0.25) is 0 Å². The van der Waals surface area contributed by atoms with Crippen LogP contribution in [0.25, 0.3) is 0 Å². The Balaban J connectivity index is 1.14. The molecular weight excluding hydrogens is 590 g/mol. The predicted octanol–water partition coefficient (Wildman–Crippen LogP) is 3.96. The summed E-state index contributed by atoms with van der Waals surface area (Å²) in [6.07, 6.45) is 4.87. The summed E-state index contributed by atoms with van der Waals surface area (Å²) < 4.78 is 0. The minimum Gasteiger partial charge on any atom is -0.356 e. The molecule has 5 rings (SSSR count). The van der Waals surface area contributed by atoms with Gasteiger partial charge in [-0.3, -0.25) is 19.4 Å². The first-order chi connectivity index (χ1) is 21.8. The molecule has 3 aromatic rings. The van der Waals surface area contributed by atoms with Crippen molar-refractivity contribution in [2.75, 3.05) is 24.2 Å². The molecule has 0 spiro atoms. The molecule has 3 heterocycles. The molecule has 12 heteroatoms. The van der Waals surface area contributed by atoms with E-state index in [1.165, 1.54) is 5.01 Å². The van der Waals surface area contributed by atoms with Gasteiger partial charge in [0.25, 0.3) is 5.91 Å². The zero-order valence-corrected chi connectivity index (χ0v) is 26.1. The molecule has 1 aromatic heterocycles. The van der Waals surface area contributed by atoms with E-state index in [4.69, 9.17) is 5.10 Å².